The van der Waals surface area contributed by atoms with E-state index in [0.717, 1.165) is 4.47 Å². The Labute approximate surface area is 115 Å². The maximum absolute atomic E-state index is 12.2. The highest BCUT2D eigenvalue weighted by Gasteiger charge is 2.19. The Morgan fingerprint density at radius 3 is 2.31 bits per heavy atom. The molecule has 2 aromatic rings. The lowest BCUT2D eigenvalue weighted by atomic mass is 10.1. The topological polar surface area (TPSA) is 17.1 Å². The highest BCUT2D eigenvalue weighted by Crippen LogP contribution is 2.31. The molecule has 0 aliphatic heterocycles. The number of carbonyl (C=O) groups is 1. The van der Waals surface area contributed by atoms with E-state index in [9.17, 15) is 4.79 Å². The second-order valence-corrected chi connectivity index (χ2v) is 5.61. The minimum atomic E-state index is -0.155. The Hall–Kier alpha value is -0.350. The van der Waals surface area contributed by atoms with Crippen LogP contribution in [0, 0.1) is 0 Å². The number of carbonyl (C=O) groups excluding carboxylic acids is 1. The van der Waals surface area contributed by atoms with E-state index in [1.54, 1.807) is 18.2 Å². The van der Waals surface area contributed by atoms with Gasteiger partial charge in [0.1, 0.15) is 0 Å². The Kier molecular flexibility index (Phi) is 3.70. The normalized spacial score (nSPS) is 10.4. The monoisotopic (exact) mass is 334 g/mol. The third-order valence-corrected chi connectivity index (χ3v) is 4.48. The van der Waals surface area contributed by atoms with Crippen LogP contribution >= 0.6 is 50.5 Å². The lowest BCUT2D eigenvalue weighted by Gasteiger charge is -2.04. The predicted molar refractivity (Wildman–Crippen MR) is 71.9 cm³/mol. The Morgan fingerprint density at radius 2 is 1.81 bits per heavy atom. The highest BCUT2D eigenvalue weighted by molar-refractivity contribution is 9.10. The van der Waals surface area contributed by atoms with Gasteiger partial charge >= 0.3 is 0 Å². The van der Waals surface area contributed by atoms with Gasteiger partial charge in [-0.3, -0.25) is 4.79 Å². The molecule has 1 nitrogen and oxygen atoms in total. The van der Waals surface area contributed by atoms with Crippen molar-refractivity contribution in [2.45, 2.75) is 0 Å². The fourth-order valence-corrected chi connectivity index (χ4v) is 3.35. The summed E-state index contributed by atoms with van der Waals surface area (Å²) in [4.78, 5) is 12.8. The first-order valence-corrected chi connectivity index (χ1v) is 6.76. The van der Waals surface area contributed by atoms with Crippen molar-refractivity contribution in [2.24, 2.45) is 0 Å². The summed E-state index contributed by atoms with van der Waals surface area (Å²) in [6, 6.07) is 6.85. The quantitative estimate of drug-likeness (QED) is 0.702. The Bertz CT molecular complexity index is 530. The summed E-state index contributed by atoms with van der Waals surface area (Å²) in [7, 11) is 0. The average molecular weight is 336 g/mol. The summed E-state index contributed by atoms with van der Waals surface area (Å²) in [6.07, 6.45) is 0. The van der Waals surface area contributed by atoms with Gasteiger partial charge in [0.2, 0.25) is 5.78 Å². The summed E-state index contributed by atoms with van der Waals surface area (Å²) in [6.45, 7) is 0. The van der Waals surface area contributed by atoms with Crippen LogP contribution in [0.5, 0.6) is 0 Å². The molecule has 16 heavy (non-hydrogen) atoms. The van der Waals surface area contributed by atoms with Crippen LogP contribution < -0.4 is 0 Å². The molecule has 0 N–H and O–H groups in total. The van der Waals surface area contributed by atoms with Crippen molar-refractivity contribution in [1.82, 2.24) is 0 Å². The van der Waals surface area contributed by atoms with Gasteiger partial charge in [-0.1, -0.05) is 29.3 Å². The molecular formula is C11H5BrCl2OS. The zero-order valence-electron chi connectivity index (χ0n) is 7.84. The van der Waals surface area contributed by atoms with E-state index in [-0.39, 0.29) is 5.78 Å². The lowest BCUT2D eigenvalue weighted by Crippen LogP contribution is -2.01. The molecule has 2 rings (SSSR count). The summed E-state index contributed by atoms with van der Waals surface area (Å²) in [5.41, 5.74) is 0.356. The molecule has 1 aromatic carbocycles. The summed E-state index contributed by atoms with van der Waals surface area (Å²) < 4.78 is 0.762. The molecule has 0 unspecified atom stereocenters. The van der Waals surface area contributed by atoms with Crippen LogP contribution in [-0.2, 0) is 0 Å². The number of hydrogen-bond acceptors (Lipinski definition) is 2. The summed E-state index contributed by atoms with van der Waals surface area (Å²) in [5.74, 6) is -0.155. The molecule has 1 heterocycles. The molecule has 0 saturated heterocycles. The molecule has 0 bridgehead atoms. The van der Waals surface area contributed by atoms with Crippen molar-refractivity contribution < 1.29 is 4.79 Å². The minimum Gasteiger partial charge on any atom is -0.288 e. The van der Waals surface area contributed by atoms with Crippen molar-refractivity contribution in [3.8, 4) is 0 Å². The standard InChI is InChI=1S/C11H5BrCl2OS/c12-6-4-5-16-11(6)10(15)9-7(13)2-1-3-8(9)14/h1-5H. The fourth-order valence-electron chi connectivity index (χ4n) is 1.28. The number of halogens is 3. The number of rotatable bonds is 2. The third kappa shape index (κ3) is 2.18. The molecule has 0 aliphatic rings. The second kappa shape index (κ2) is 4.88. The fraction of sp³-hybridized carbons (Fsp3) is 0. The zero-order valence-corrected chi connectivity index (χ0v) is 11.8. The predicted octanol–water partition coefficient (Wildman–Crippen LogP) is 5.05. The molecule has 0 amide bonds. The van der Waals surface area contributed by atoms with Gasteiger partial charge < -0.3 is 0 Å². The second-order valence-electron chi connectivity index (χ2n) is 3.02. The van der Waals surface area contributed by atoms with Crippen LogP contribution in [0.2, 0.25) is 10.0 Å². The van der Waals surface area contributed by atoms with Crippen molar-refractivity contribution in [3.63, 3.8) is 0 Å². The van der Waals surface area contributed by atoms with Crippen LogP contribution in [0.4, 0.5) is 0 Å². The van der Waals surface area contributed by atoms with Gasteiger partial charge in [0.05, 0.1) is 20.5 Å². The number of thiophene rings is 1. The van der Waals surface area contributed by atoms with Crippen molar-refractivity contribution >= 4 is 56.3 Å². The van der Waals surface area contributed by atoms with Gasteiger partial charge in [0, 0.05) is 4.47 Å². The molecule has 0 spiro atoms. The minimum absolute atomic E-state index is 0.155. The van der Waals surface area contributed by atoms with Crippen LogP contribution in [0.25, 0.3) is 0 Å². The van der Waals surface area contributed by atoms with Crippen LogP contribution in [0.15, 0.2) is 34.1 Å². The SMILES string of the molecule is O=C(c1sccc1Br)c1c(Cl)cccc1Cl. The van der Waals surface area contributed by atoms with Gasteiger partial charge in [0.25, 0.3) is 0 Å². The largest absolute Gasteiger partial charge is 0.288 e. The first-order valence-electron chi connectivity index (χ1n) is 4.33. The molecule has 1 aromatic heterocycles. The van der Waals surface area contributed by atoms with E-state index >= 15 is 0 Å². The zero-order chi connectivity index (χ0) is 11.7. The van der Waals surface area contributed by atoms with Crippen LogP contribution in [0.1, 0.15) is 15.2 Å². The lowest BCUT2D eigenvalue weighted by molar-refractivity contribution is 0.104. The molecule has 0 atom stereocenters. The average Bonchev–Trinajstić information content (AvgIpc) is 2.64. The van der Waals surface area contributed by atoms with Gasteiger partial charge in [-0.05, 0) is 39.5 Å². The number of hydrogen-bond donors (Lipinski definition) is 0. The van der Waals surface area contributed by atoms with E-state index < -0.39 is 0 Å². The molecule has 0 saturated carbocycles. The van der Waals surface area contributed by atoms with Crippen molar-refractivity contribution in [3.05, 3.63) is 54.6 Å². The van der Waals surface area contributed by atoms with Gasteiger partial charge in [-0.15, -0.1) is 11.3 Å². The summed E-state index contributed by atoms with van der Waals surface area (Å²) in [5, 5.41) is 2.58. The maximum atomic E-state index is 12.2. The first kappa shape index (κ1) is 12.1. The Balaban J connectivity index is 2.54. The van der Waals surface area contributed by atoms with E-state index in [2.05, 4.69) is 15.9 Å². The van der Waals surface area contributed by atoms with Gasteiger partial charge in [-0.2, -0.15) is 0 Å². The Morgan fingerprint density at radius 1 is 1.19 bits per heavy atom. The molecule has 82 valence electrons. The smallest absolute Gasteiger partial charge is 0.207 e. The van der Waals surface area contributed by atoms with Gasteiger partial charge in [0.15, 0.2) is 0 Å². The van der Waals surface area contributed by atoms with E-state index in [0.29, 0.717) is 20.5 Å². The summed E-state index contributed by atoms with van der Waals surface area (Å²) >= 11 is 16.6. The van der Waals surface area contributed by atoms with Crippen LogP contribution in [0.3, 0.4) is 0 Å². The van der Waals surface area contributed by atoms with E-state index in [4.69, 9.17) is 23.2 Å². The maximum Gasteiger partial charge on any atom is 0.207 e. The molecule has 0 aliphatic carbocycles. The van der Waals surface area contributed by atoms with Crippen molar-refractivity contribution in [2.75, 3.05) is 0 Å². The third-order valence-electron chi connectivity index (χ3n) is 2.01. The highest BCUT2D eigenvalue weighted by atomic mass is 79.9. The molecule has 5 heteroatoms. The molecule has 0 fully saturated rings. The van der Waals surface area contributed by atoms with E-state index in [1.807, 2.05) is 11.4 Å². The van der Waals surface area contributed by atoms with Crippen molar-refractivity contribution in [1.29, 1.82) is 0 Å². The van der Waals surface area contributed by atoms with Gasteiger partial charge in [-0.25, -0.2) is 0 Å². The molecular weight excluding hydrogens is 331 g/mol. The van der Waals surface area contributed by atoms with E-state index in [1.165, 1.54) is 11.3 Å². The first-order chi connectivity index (χ1) is 7.61. The van der Waals surface area contributed by atoms with Crippen LogP contribution in [-0.4, -0.2) is 5.78 Å². The molecule has 0 radical (unpaired) electrons. The number of ketones is 1. The number of benzene rings is 1.